The van der Waals surface area contributed by atoms with E-state index in [0.717, 1.165) is 15.0 Å². The summed E-state index contributed by atoms with van der Waals surface area (Å²) in [6, 6.07) is 5.90. The van der Waals surface area contributed by atoms with Crippen molar-refractivity contribution in [1.82, 2.24) is 0 Å². The van der Waals surface area contributed by atoms with Gasteiger partial charge in [0.1, 0.15) is 0 Å². The highest BCUT2D eigenvalue weighted by Crippen LogP contribution is 2.29. The Morgan fingerprint density at radius 3 is 2.67 bits per heavy atom. The SMILES string of the molecule is O=c1sc2ccc(C3OCCO3)cc2s1. The monoisotopic (exact) mass is 240 g/mol. The van der Waals surface area contributed by atoms with Crippen molar-refractivity contribution >= 4 is 32.1 Å². The molecule has 15 heavy (non-hydrogen) atoms. The molecule has 78 valence electrons. The highest BCUT2D eigenvalue weighted by molar-refractivity contribution is 7.35. The molecule has 0 aliphatic carbocycles. The Morgan fingerprint density at radius 1 is 1.13 bits per heavy atom. The molecule has 1 fully saturated rings. The summed E-state index contributed by atoms with van der Waals surface area (Å²) in [5.74, 6) is 0. The number of hydrogen-bond acceptors (Lipinski definition) is 5. The van der Waals surface area contributed by atoms with E-state index in [1.54, 1.807) is 0 Å². The smallest absolute Gasteiger partial charge is 0.288 e. The van der Waals surface area contributed by atoms with Gasteiger partial charge in [-0.15, -0.1) is 0 Å². The Hall–Kier alpha value is -0.750. The third kappa shape index (κ3) is 1.72. The molecule has 1 aliphatic heterocycles. The summed E-state index contributed by atoms with van der Waals surface area (Å²) in [5, 5.41) is 0. The summed E-state index contributed by atoms with van der Waals surface area (Å²) in [5.41, 5.74) is 0.994. The number of fused-ring (bicyclic) bond motifs is 1. The largest absolute Gasteiger partial charge is 0.346 e. The van der Waals surface area contributed by atoms with E-state index < -0.39 is 0 Å². The summed E-state index contributed by atoms with van der Waals surface area (Å²) >= 11 is 2.56. The molecule has 1 aliphatic rings. The minimum atomic E-state index is -0.253. The van der Waals surface area contributed by atoms with Crippen molar-refractivity contribution in [1.29, 1.82) is 0 Å². The first-order chi connectivity index (χ1) is 7.33. The maximum Gasteiger partial charge on any atom is 0.288 e. The van der Waals surface area contributed by atoms with Crippen molar-refractivity contribution in [2.24, 2.45) is 0 Å². The lowest BCUT2D eigenvalue weighted by Crippen LogP contribution is -1.96. The summed E-state index contributed by atoms with van der Waals surface area (Å²) in [7, 11) is 0. The van der Waals surface area contributed by atoms with Crippen molar-refractivity contribution < 1.29 is 9.47 Å². The molecule has 5 heteroatoms. The molecule has 2 heterocycles. The molecular formula is C10H8O3S2. The van der Waals surface area contributed by atoms with Crippen LogP contribution < -0.4 is 4.06 Å². The van der Waals surface area contributed by atoms with E-state index in [-0.39, 0.29) is 10.3 Å². The van der Waals surface area contributed by atoms with E-state index in [2.05, 4.69) is 0 Å². The predicted octanol–water partition coefficient (Wildman–Crippen LogP) is 2.37. The first kappa shape index (κ1) is 9.47. The lowest BCUT2D eigenvalue weighted by molar-refractivity contribution is -0.0440. The highest BCUT2D eigenvalue weighted by Gasteiger charge is 2.18. The first-order valence-electron chi connectivity index (χ1n) is 4.60. The van der Waals surface area contributed by atoms with Crippen molar-refractivity contribution in [3.05, 3.63) is 32.6 Å². The molecule has 0 radical (unpaired) electrons. The molecule has 1 aromatic carbocycles. The van der Waals surface area contributed by atoms with E-state index in [9.17, 15) is 4.79 Å². The molecule has 0 atom stereocenters. The highest BCUT2D eigenvalue weighted by atomic mass is 32.2. The molecule has 0 saturated carbocycles. The fourth-order valence-corrected chi connectivity index (χ4v) is 3.56. The van der Waals surface area contributed by atoms with Gasteiger partial charge in [0, 0.05) is 15.0 Å². The van der Waals surface area contributed by atoms with Gasteiger partial charge in [-0.05, 0) is 12.1 Å². The average Bonchev–Trinajstić information content (AvgIpc) is 2.82. The van der Waals surface area contributed by atoms with Gasteiger partial charge in [0.05, 0.1) is 13.2 Å². The van der Waals surface area contributed by atoms with Crippen LogP contribution in [0.1, 0.15) is 11.9 Å². The zero-order chi connectivity index (χ0) is 10.3. The lowest BCUT2D eigenvalue weighted by Gasteiger charge is -2.08. The first-order valence-corrected chi connectivity index (χ1v) is 6.23. The standard InChI is InChI=1S/C10H8O3S2/c11-10-14-7-2-1-6(5-8(7)15-10)9-12-3-4-13-9/h1-2,5,9H,3-4H2. The third-order valence-corrected chi connectivity index (χ3v) is 4.34. The van der Waals surface area contributed by atoms with Crippen LogP contribution in [-0.4, -0.2) is 13.2 Å². The molecule has 0 bridgehead atoms. The Balaban J connectivity index is 2.08. The van der Waals surface area contributed by atoms with Crippen molar-refractivity contribution in [3.8, 4) is 0 Å². The maximum absolute atomic E-state index is 11.2. The van der Waals surface area contributed by atoms with Crippen molar-refractivity contribution in [2.75, 3.05) is 13.2 Å². The van der Waals surface area contributed by atoms with Crippen LogP contribution in [0.4, 0.5) is 0 Å². The minimum Gasteiger partial charge on any atom is -0.346 e. The number of ether oxygens (including phenoxy) is 2. The zero-order valence-electron chi connectivity index (χ0n) is 7.76. The summed E-state index contributed by atoms with van der Waals surface area (Å²) < 4.78 is 13.0. The summed E-state index contributed by atoms with van der Waals surface area (Å²) in [6.45, 7) is 1.28. The van der Waals surface area contributed by atoms with Crippen molar-refractivity contribution in [2.45, 2.75) is 6.29 Å². The van der Waals surface area contributed by atoms with Crippen LogP contribution in [0.25, 0.3) is 9.40 Å². The van der Waals surface area contributed by atoms with E-state index >= 15 is 0 Å². The third-order valence-electron chi connectivity index (χ3n) is 2.25. The van der Waals surface area contributed by atoms with Gasteiger partial charge in [0.25, 0.3) is 4.06 Å². The summed E-state index contributed by atoms with van der Waals surface area (Å²) in [6.07, 6.45) is -0.253. The quantitative estimate of drug-likeness (QED) is 0.767. The molecule has 0 unspecified atom stereocenters. The molecule has 2 aromatic rings. The number of rotatable bonds is 1. The molecule has 1 saturated heterocycles. The summed E-state index contributed by atoms with van der Waals surface area (Å²) in [4.78, 5) is 11.2. The zero-order valence-corrected chi connectivity index (χ0v) is 9.40. The van der Waals surface area contributed by atoms with Gasteiger partial charge in [-0.1, -0.05) is 28.7 Å². The molecule has 0 N–H and O–H groups in total. The van der Waals surface area contributed by atoms with Gasteiger partial charge in [0.15, 0.2) is 6.29 Å². The average molecular weight is 240 g/mol. The van der Waals surface area contributed by atoms with Crippen LogP contribution in [0.15, 0.2) is 23.0 Å². The van der Waals surface area contributed by atoms with Crippen LogP contribution in [0.5, 0.6) is 0 Å². The molecule has 0 spiro atoms. The van der Waals surface area contributed by atoms with Gasteiger partial charge in [-0.2, -0.15) is 0 Å². The van der Waals surface area contributed by atoms with Gasteiger partial charge in [0.2, 0.25) is 0 Å². The van der Waals surface area contributed by atoms with Crippen LogP contribution in [0.3, 0.4) is 0 Å². The topological polar surface area (TPSA) is 35.5 Å². The van der Waals surface area contributed by atoms with Gasteiger partial charge in [-0.3, -0.25) is 4.79 Å². The second-order valence-electron chi connectivity index (χ2n) is 3.23. The fourth-order valence-electron chi connectivity index (χ4n) is 1.59. The van der Waals surface area contributed by atoms with Crippen LogP contribution in [0.2, 0.25) is 0 Å². The van der Waals surface area contributed by atoms with Crippen molar-refractivity contribution in [3.63, 3.8) is 0 Å². The Bertz CT molecular complexity index is 537. The van der Waals surface area contributed by atoms with E-state index in [4.69, 9.17) is 9.47 Å². The number of hydrogen-bond donors (Lipinski definition) is 0. The normalized spacial score (nSPS) is 17.6. The lowest BCUT2D eigenvalue weighted by atomic mass is 10.2. The molecule has 3 rings (SSSR count). The molecule has 3 nitrogen and oxygen atoms in total. The Morgan fingerprint density at radius 2 is 1.87 bits per heavy atom. The van der Waals surface area contributed by atoms with Gasteiger partial charge in [-0.25, -0.2) is 0 Å². The van der Waals surface area contributed by atoms with Crippen LogP contribution in [0, 0.1) is 0 Å². The number of benzene rings is 1. The second-order valence-corrected chi connectivity index (χ2v) is 5.52. The molecular weight excluding hydrogens is 232 g/mol. The van der Waals surface area contributed by atoms with E-state index in [1.807, 2.05) is 18.2 Å². The van der Waals surface area contributed by atoms with Crippen LogP contribution in [-0.2, 0) is 9.47 Å². The Kier molecular flexibility index (Phi) is 2.32. The van der Waals surface area contributed by atoms with Crippen LogP contribution >= 0.6 is 22.7 Å². The van der Waals surface area contributed by atoms with Gasteiger partial charge >= 0.3 is 0 Å². The van der Waals surface area contributed by atoms with Gasteiger partial charge < -0.3 is 9.47 Å². The Labute approximate surface area is 93.9 Å². The minimum absolute atomic E-state index is 0.135. The van der Waals surface area contributed by atoms with E-state index in [0.29, 0.717) is 13.2 Å². The molecule has 0 amide bonds. The maximum atomic E-state index is 11.2. The second kappa shape index (κ2) is 3.68. The predicted molar refractivity (Wildman–Crippen MR) is 60.6 cm³/mol. The fraction of sp³-hybridized carbons (Fsp3) is 0.300. The van der Waals surface area contributed by atoms with E-state index in [1.165, 1.54) is 22.7 Å². The molecule has 1 aromatic heterocycles.